The molecule has 1 aliphatic heterocycles. The molecule has 0 N–H and O–H groups in total. The molecular formula is C11H20O3. The van der Waals surface area contributed by atoms with E-state index in [0.29, 0.717) is 18.1 Å². The minimum atomic E-state index is 0.0156. The van der Waals surface area contributed by atoms with E-state index in [2.05, 4.69) is 6.92 Å². The van der Waals surface area contributed by atoms with Crippen LogP contribution in [0.2, 0.25) is 0 Å². The Balaban J connectivity index is 2.10. The molecule has 1 saturated heterocycles. The maximum atomic E-state index is 5.54. The monoisotopic (exact) mass is 200 g/mol. The van der Waals surface area contributed by atoms with Gasteiger partial charge in [0.2, 0.25) is 0 Å². The molecule has 0 amide bonds. The van der Waals surface area contributed by atoms with Gasteiger partial charge in [-0.2, -0.15) is 0 Å². The van der Waals surface area contributed by atoms with Gasteiger partial charge in [-0.05, 0) is 26.2 Å². The molecule has 1 heterocycles. The zero-order valence-corrected chi connectivity index (χ0v) is 9.29. The Morgan fingerprint density at radius 3 is 2.00 bits per heavy atom. The van der Waals surface area contributed by atoms with Crippen molar-refractivity contribution in [2.24, 2.45) is 5.92 Å². The first kappa shape index (κ1) is 10.4. The third-order valence-electron chi connectivity index (χ3n) is 3.69. The minimum absolute atomic E-state index is 0.0156. The fraction of sp³-hybridized carbons (Fsp3) is 1.00. The summed E-state index contributed by atoms with van der Waals surface area (Å²) in [6, 6.07) is 0. The van der Waals surface area contributed by atoms with E-state index in [0.717, 1.165) is 19.4 Å². The van der Waals surface area contributed by atoms with E-state index in [1.54, 1.807) is 14.2 Å². The molecule has 0 aromatic heterocycles. The van der Waals surface area contributed by atoms with Crippen molar-refractivity contribution in [1.29, 1.82) is 0 Å². The molecule has 14 heavy (non-hydrogen) atoms. The molecule has 0 spiro atoms. The van der Waals surface area contributed by atoms with Crippen molar-refractivity contribution in [2.45, 2.75) is 44.0 Å². The summed E-state index contributed by atoms with van der Waals surface area (Å²) in [5.41, 5.74) is 0.0156. The third kappa shape index (κ3) is 1.69. The van der Waals surface area contributed by atoms with Crippen LogP contribution in [-0.2, 0) is 14.2 Å². The topological polar surface area (TPSA) is 31.0 Å². The van der Waals surface area contributed by atoms with Gasteiger partial charge in [-0.1, -0.05) is 0 Å². The number of methoxy groups -OCH3 is 2. The van der Waals surface area contributed by atoms with Crippen molar-refractivity contribution in [1.82, 2.24) is 0 Å². The lowest BCUT2D eigenvalue weighted by molar-refractivity contribution is -0.0892. The zero-order chi connectivity index (χ0) is 10.2. The zero-order valence-electron chi connectivity index (χ0n) is 9.29. The maximum Gasteiger partial charge on any atom is 0.0966 e. The van der Waals surface area contributed by atoms with Gasteiger partial charge < -0.3 is 14.2 Å². The summed E-state index contributed by atoms with van der Waals surface area (Å²) in [6.45, 7) is 3.03. The van der Waals surface area contributed by atoms with E-state index in [9.17, 15) is 0 Å². The van der Waals surface area contributed by atoms with Crippen molar-refractivity contribution >= 4 is 0 Å². The van der Waals surface area contributed by atoms with Crippen molar-refractivity contribution in [3.8, 4) is 0 Å². The molecule has 1 aliphatic carbocycles. The predicted octanol–water partition coefficient (Wildman–Crippen LogP) is 1.61. The summed E-state index contributed by atoms with van der Waals surface area (Å²) >= 11 is 0. The van der Waals surface area contributed by atoms with Crippen LogP contribution in [0.1, 0.15) is 26.2 Å². The van der Waals surface area contributed by atoms with E-state index in [1.165, 1.54) is 6.42 Å². The second-order valence-electron chi connectivity index (χ2n) is 4.61. The maximum absolute atomic E-state index is 5.54. The van der Waals surface area contributed by atoms with Crippen LogP contribution >= 0.6 is 0 Å². The molecule has 0 aromatic carbocycles. The SMILES string of the molecule is COC1CCC[C@@H](OC)C1[C@]1(C)CO1. The molecule has 1 saturated carbocycles. The number of hydrogen-bond acceptors (Lipinski definition) is 3. The summed E-state index contributed by atoms with van der Waals surface area (Å²) in [4.78, 5) is 0. The lowest BCUT2D eigenvalue weighted by Crippen LogP contribution is -2.46. The van der Waals surface area contributed by atoms with Gasteiger partial charge in [0, 0.05) is 20.1 Å². The largest absolute Gasteiger partial charge is 0.381 e. The molecule has 82 valence electrons. The van der Waals surface area contributed by atoms with Crippen molar-refractivity contribution in [3.63, 3.8) is 0 Å². The molecule has 2 rings (SSSR count). The smallest absolute Gasteiger partial charge is 0.0966 e. The Morgan fingerprint density at radius 1 is 1.14 bits per heavy atom. The minimum Gasteiger partial charge on any atom is -0.381 e. The highest BCUT2D eigenvalue weighted by atomic mass is 16.6. The molecule has 2 fully saturated rings. The molecule has 2 aliphatic rings. The number of epoxide rings is 1. The van der Waals surface area contributed by atoms with Crippen LogP contribution in [0.3, 0.4) is 0 Å². The van der Waals surface area contributed by atoms with Gasteiger partial charge in [-0.3, -0.25) is 0 Å². The summed E-state index contributed by atoms with van der Waals surface area (Å²) < 4.78 is 16.6. The highest BCUT2D eigenvalue weighted by Gasteiger charge is 2.54. The van der Waals surface area contributed by atoms with Crippen molar-refractivity contribution in [3.05, 3.63) is 0 Å². The van der Waals surface area contributed by atoms with E-state index in [4.69, 9.17) is 14.2 Å². The van der Waals surface area contributed by atoms with Gasteiger partial charge >= 0.3 is 0 Å². The lowest BCUT2D eigenvalue weighted by atomic mass is 9.76. The molecule has 3 nitrogen and oxygen atoms in total. The molecule has 3 heteroatoms. The first-order chi connectivity index (χ1) is 6.71. The van der Waals surface area contributed by atoms with E-state index in [-0.39, 0.29) is 5.60 Å². The quantitative estimate of drug-likeness (QED) is 0.648. The van der Waals surface area contributed by atoms with Crippen LogP contribution in [0.5, 0.6) is 0 Å². The molecule has 0 bridgehead atoms. The first-order valence-electron chi connectivity index (χ1n) is 5.41. The summed E-state index contributed by atoms with van der Waals surface area (Å²) in [5.74, 6) is 0.409. The second kappa shape index (κ2) is 3.80. The number of hydrogen-bond donors (Lipinski definition) is 0. The van der Waals surface area contributed by atoms with Crippen LogP contribution in [0.25, 0.3) is 0 Å². The van der Waals surface area contributed by atoms with Gasteiger partial charge in [0.05, 0.1) is 24.4 Å². The Labute approximate surface area is 85.7 Å². The van der Waals surface area contributed by atoms with Crippen LogP contribution in [0.4, 0.5) is 0 Å². The Kier molecular flexibility index (Phi) is 2.82. The summed E-state index contributed by atoms with van der Waals surface area (Å²) in [5, 5.41) is 0. The van der Waals surface area contributed by atoms with E-state index in [1.807, 2.05) is 0 Å². The molecule has 4 atom stereocenters. The van der Waals surface area contributed by atoms with Crippen molar-refractivity contribution < 1.29 is 14.2 Å². The highest BCUT2D eigenvalue weighted by molar-refractivity contribution is 5.02. The van der Waals surface area contributed by atoms with Crippen LogP contribution in [0, 0.1) is 5.92 Å². The lowest BCUT2D eigenvalue weighted by Gasteiger charge is -2.38. The van der Waals surface area contributed by atoms with Gasteiger partial charge in [0.15, 0.2) is 0 Å². The van der Waals surface area contributed by atoms with Crippen molar-refractivity contribution in [2.75, 3.05) is 20.8 Å². The average Bonchev–Trinajstić information content (AvgIpc) is 2.96. The van der Waals surface area contributed by atoms with Crippen LogP contribution < -0.4 is 0 Å². The van der Waals surface area contributed by atoms with Gasteiger partial charge in [-0.25, -0.2) is 0 Å². The van der Waals surface area contributed by atoms with Crippen LogP contribution in [-0.4, -0.2) is 38.6 Å². The molecule has 2 unspecified atom stereocenters. The Bertz CT molecular complexity index is 189. The Morgan fingerprint density at radius 2 is 1.64 bits per heavy atom. The van der Waals surface area contributed by atoms with Gasteiger partial charge in [0.1, 0.15) is 0 Å². The predicted molar refractivity (Wildman–Crippen MR) is 53.3 cm³/mol. The van der Waals surface area contributed by atoms with E-state index < -0.39 is 0 Å². The van der Waals surface area contributed by atoms with Gasteiger partial charge in [-0.15, -0.1) is 0 Å². The fourth-order valence-electron chi connectivity index (χ4n) is 2.74. The standard InChI is InChI=1S/C11H20O3/c1-11(7-14-11)10-8(12-2)5-4-6-9(10)13-3/h8-10H,4-7H2,1-3H3/t8-,9?,10?,11+/m1/s1. The highest BCUT2D eigenvalue weighted by Crippen LogP contribution is 2.44. The normalized spacial score (nSPS) is 47.8. The molecule has 0 radical (unpaired) electrons. The Hall–Kier alpha value is -0.120. The van der Waals surface area contributed by atoms with Crippen LogP contribution in [0.15, 0.2) is 0 Å². The fourth-order valence-corrected chi connectivity index (χ4v) is 2.74. The molecular weight excluding hydrogens is 180 g/mol. The number of rotatable bonds is 3. The molecule has 0 aromatic rings. The summed E-state index contributed by atoms with van der Waals surface area (Å²) in [7, 11) is 3.59. The number of ether oxygens (including phenoxy) is 3. The average molecular weight is 200 g/mol. The third-order valence-corrected chi connectivity index (χ3v) is 3.69. The second-order valence-corrected chi connectivity index (χ2v) is 4.61. The first-order valence-corrected chi connectivity index (χ1v) is 5.41. The van der Waals surface area contributed by atoms with E-state index >= 15 is 0 Å². The van der Waals surface area contributed by atoms with Gasteiger partial charge in [0.25, 0.3) is 0 Å². The summed E-state index contributed by atoms with van der Waals surface area (Å²) in [6.07, 6.45) is 4.09.